The number of anilines is 1. The molecule has 2 heterocycles. The third-order valence-electron chi connectivity index (χ3n) is 4.79. The Morgan fingerprint density at radius 1 is 1.12 bits per heavy atom. The summed E-state index contributed by atoms with van der Waals surface area (Å²) in [5.74, 6) is 2.09. The van der Waals surface area contributed by atoms with Gasteiger partial charge in [0.15, 0.2) is 5.44 Å². The van der Waals surface area contributed by atoms with Crippen LogP contribution in [0.1, 0.15) is 50.7 Å². The van der Waals surface area contributed by atoms with Crippen molar-refractivity contribution in [1.82, 2.24) is 0 Å². The van der Waals surface area contributed by atoms with E-state index in [9.17, 15) is 0 Å². The van der Waals surface area contributed by atoms with Crippen molar-refractivity contribution in [2.45, 2.75) is 45.1 Å². The van der Waals surface area contributed by atoms with Crippen LogP contribution in [0.2, 0.25) is 0 Å². The highest BCUT2D eigenvalue weighted by Gasteiger charge is 2.33. The van der Waals surface area contributed by atoms with Crippen LogP contribution in [0.25, 0.3) is 16.7 Å². The average molecular weight is 352 g/mol. The Bertz CT molecular complexity index is 853. The van der Waals surface area contributed by atoms with E-state index < -0.39 is 0 Å². The fourth-order valence-electron chi connectivity index (χ4n) is 3.93. The lowest BCUT2D eigenvalue weighted by molar-refractivity contribution is 0.291. The molecule has 0 saturated heterocycles. The second-order valence-corrected chi connectivity index (χ2v) is 8.61. The minimum Gasteiger partial charge on any atom is -0.474 e. The second kappa shape index (κ2) is 6.14. The van der Waals surface area contributed by atoms with Crippen LogP contribution in [0.3, 0.4) is 0 Å². The standard InChI is InChI=1S/C22H25NOS/c1-5-12-25-21-20-16(15-8-6-7-9-18(15)24-21)10-11-17-19(20)14(2)13-22(3,4)23-17/h6-11,13,21,23H,5,12H2,1-4H3/t21-/m1/s1. The molecule has 2 nitrogen and oxygen atoms in total. The molecule has 0 unspecified atom stereocenters. The maximum absolute atomic E-state index is 6.43. The molecule has 0 radical (unpaired) electrons. The van der Waals surface area contributed by atoms with Crippen molar-refractivity contribution in [3.05, 3.63) is 53.6 Å². The molecule has 2 aliphatic rings. The smallest absolute Gasteiger partial charge is 0.171 e. The predicted molar refractivity (Wildman–Crippen MR) is 109 cm³/mol. The molecule has 4 rings (SSSR count). The molecule has 0 fully saturated rings. The van der Waals surface area contributed by atoms with Crippen LogP contribution in [-0.4, -0.2) is 11.3 Å². The molecule has 1 N–H and O–H groups in total. The van der Waals surface area contributed by atoms with E-state index in [1.807, 2.05) is 11.8 Å². The molecule has 25 heavy (non-hydrogen) atoms. The highest BCUT2D eigenvalue weighted by atomic mass is 32.2. The first kappa shape index (κ1) is 16.6. The van der Waals surface area contributed by atoms with E-state index in [1.54, 1.807) is 0 Å². The Labute approximate surface area is 154 Å². The van der Waals surface area contributed by atoms with Crippen molar-refractivity contribution >= 4 is 23.0 Å². The summed E-state index contributed by atoms with van der Waals surface area (Å²) in [6.45, 7) is 8.88. The third kappa shape index (κ3) is 2.85. The zero-order chi connectivity index (χ0) is 17.6. The van der Waals surface area contributed by atoms with Gasteiger partial charge < -0.3 is 10.1 Å². The van der Waals surface area contributed by atoms with Crippen molar-refractivity contribution in [3.8, 4) is 16.9 Å². The molecule has 130 valence electrons. The normalized spacial score (nSPS) is 19.7. The Hall–Kier alpha value is -1.87. The molecule has 1 atom stereocenters. The first-order chi connectivity index (χ1) is 12.0. The van der Waals surface area contributed by atoms with Crippen LogP contribution in [-0.2, 0) is 0 Å². The number of para-hydroxylation sites is 1. The van der Waals surface area contributed by atoms with Crippen molar-refractivity contribution in [2.75, 3.05) is 11.1 Å². The molecule has 2 aliphatic heterocycles. The predicted octanol–water partition coefficient (Wildman–Crippen LogP) is 6.50. The van der Waals surface area contributed by atoms with E-state index in [0.29, 0.717) is 0 Å². The molecular formula is C22H25NOS. The van der Waals surface area contributed by atoms with Gasteiger partial charge >= 0.3 is 0 Å². The number of hydrogen-bond donors (Lipinski definition) is 1. The van der Waals surface area contributed by atoms with Crippen LogP contribution >= 0.6 is 11.8 Å². The zero-order valence-corrected chi connectivity index (χ0v) is 16.2. The lowest BCUT2D eigenvalue weighted by Gasteiger charge is -2.36. The molecular weight excluding hydrogens is 326 g/mol. The van der Waals surface area contributed by atoms with Gasteiger partial charge in [-0.05, 0) is 56.2 Å². The molecule has 0 aromatic heterocycles. The molecule has 3 heteroatoms. The van der Waals surface area contributed by atoms with Gasteiger partial charge in [0.25, 0.3) is 0 Å². The quantitative estimate of drug-likeness (QED) is 0.682. The van der Waals surface area contributed by atoms with E-state index in [4.69, 9.17) is 4.74 Å². The number of ether oxygens (including phenoxy) is 1. The Morgan fingerprint density at radius 2 is 1.92 bits per heavy atom. The largest absolute Gasteiger partial charge is 0.474 e. The molecule has 0 spiro atoms. The second-order valence-electron chi connectivity index (χ2n) is 7.44. The highest BCUT2D eigenvalue weighted by Crippen LogP contribution is 2.51. The van der Waals surface area contributed by atoms with Crippen LogP contribution in [0, 0.1) is 0 Å². The lowest BCUT2D eigenvalue weighted by atomic mass is 9.84. The third-order valence-corrected chi connectivity index (χ3v) is 6.07. The summed E-state index contributed by atoms with van der Waals surface area (Å²) in [6, 6.07) is 12.9. The minimum absolute atomic E-state index is 0.0230. The van der Waals surface area contributed by atoms with Gasteiger partial charge in [-0.15, -0.1) is 11.8 Å². The van der Waals surface area contributed by atoms with Gasteiger partial charge in [-0.25, -0.2) is 0 Å². The number of thioether (sulfide) groups is 1. The Kier molecular flexibility index (Phi) is 4.07. The van der Waals surface area contributed by atoms with E-state index in [-0.39, 0.29) is 11.0 Å². The van der Waals surface area contributed by atoms with E-state index in [2.05, 4.69) is 75.5 Å². The molecule has 2 aromatic carbocycles. The summed E-state index contributed by atoms with van der Waals surface area (Å²) in [7, 11) is 0. The van der Waals surface area contributed by atoms with Gasteiger partial charge in [-0.2, -0.15) is 0 Å². The number of rotatable bonds is 3. The van der Waals surface area contributed by atoms with Crippen molar-refractivity contribution in [3.63, 3.8) is 0 Å². The average Bonchev–Trinajstić information content (AvgIpc) is 2.57. The van der Waals surface area contributed by atoms with Crippen LogP contribution < -0.4 is 10.1 Å². The summed E-state index contributed by atoms with van der Waals surface area (Å²) >= 11 is 1.90. The number of hydrogen-bond acceptors (Lipinski definition) is 3. The highest BCUT2D eigenvalue weighted by molar-refractivity contribution is 7.99. The SMILES string of the molecule is CCCS[C@H]1Oc2ccccc2-c2ccc3c(c21)C(C)=CC(C)(C)N3. The van der Waals surface area contributed by atoms with Crippen molar-refractivity contribution < 1.29 is 4.74 Å². The Balaban J connectivity index is 1.94. The number of benzene rings is 2. The molecule has 0 amide bonds. The fraction of sp³-hybridized carbons (Fsp3) is 0.364. The van der Waals surface area contributed by atoms with E-state index >= 15 is 0 Å². The maximum Gasteiger partial charge on any atom is 0.171 e. The summed E-state index contributed by atoms with van der Waals surface area (Å²) in [5.41, 5.74) is 7.73. The number of nitrogens with one attached hydrogen (secondary N) is 1. The summed E-state index contributed by atoms with van der Waals surface area (Å²) < 4.78 is 6.43. The summed E-state index contributed by atoms with van der Waals surface area (Å²) in [5, 5.41) is 3.68. The van der Waals surface area contributed by atoms with Crippen molar-refractivity contribution in [1.29, 1.82) is 0 Å². The monoisotopic (exact) mass is 351 g/mol. The first-order valence-corrected chi connectivity index (χ1v) is 10.1. The zero-order valence-electron chi connectivity index (χ0n) is 15.3. The van der Waals surface area contributed by atoms with Crippen LogP contribution in [0.15, 0.2) is 42.5 Å². The van der Waals surface area contributed by atoms with Gasteiger partial charge in [-0.1, -0.05) is 37.3 Å². The van der Waals surface area contributed by atoms with Gasteiger partial charge in [0.1, 0.15) is 5.75 Å². The molecule has 0 aliphatic carbocycles. The summed E-state index contributed by atoms with van der Waals surface area (Å²) in [4.78, 5) is 0. The van der Waals surface area contributed by atoms with Crippen LogP contribution in [0.4, 0.5) is 5.69 Å². The number of allylic oxidation sites excluding steroid dienone is 1. The topological polar surface area (TPSA) is 21.3 Å². The maximum atomic E-state index is 6.43. The lowest BCUT2D eigenvalue weighted by Crippen LogP contribution is -2.32. The van der Waals surface area contributed by atoms with E-state index in [0.717, 1.165) is 17.9 Å². The summed E-state index contributed by atoms with van der Waals surface area (Å²) in [6.07, 6.45) is 3.48. The molecule has 0 bridgehead atoms. The van der Waals surface area contributed by atoms with E-state index in [1.165, 1.54) is 33.5 Å². The fourth-order valence-corrected chi connectivity index (χ4v) is 4.97. The molecule has 2 aromatic rings. The van der Waals surface area contributed by atoms with Crippen LogP contribution in [0.5, 0.6) is 5.75 Å². The molecule has 0 saturated carbocycles. The number of fused-ring (bicyclic) bond motifs is 5. The van der Waals surface area contributed by atoms with Gasteiger partial charge in [-0.3, -0.25) is 0 Å². The first-order valence-electron chi connectivity index (χ1n) is 9.03. The van der Waals surface area contributed by atoms with Gasteiger partial charge in [0.05, 0.1) is 5.54 Å². The minimum atomic E-state index is -0.0230. The van der Waals surface area contributed by atoms with Gasteiger partial charge in [0.2, 0.25) is 0 Å². The van der Waals surface area contributed by atoms with Crippen molar-refractivity contribution in [2.24, 2.45) is 0 Å². The van der Waals surface area contributed by atoms with Gasteiger partial charge in [0, 0.05) is 22.4 Å². The Morgan fingerprint density at radius 3 is 2.72 bits per heavy atom.